The third-order valence-corrected chi connectivity index (χ3v) is 4.15. The lowest BCUT2D eigenvalue weighted by Gasteiger charge is -2.40. The Labute approximate surface area is 118 Å². The van der Waals surface area contributed by atoms with Crippen molar-refractivity contribution in [1.82, 2.24) is 10.2 Å². The number of nitrogens with one attached hydrogen (secondary N) is 1. The van der Waals surface area contributed by atoms with E-state index >= 15 is 0 Å². The van der Waals surface area contributed by atoms with Crippen LogP contribution in [0.1, 0.15) is 47.0 Å². The molecule has 4 nitrogen and oxygen atoms in total. The van der Waals surface area contributed by atoms with Crippen molar-refractivity contribution in [3.63, 3.8) is 0 Å². The molecule has 0 radical (unpaired) electrons. The molecule has 1 saturated heterocycles. The third kappa shape index (κ3) is 5.38. The largest absolute Gasteiger partial charge is 0.394 e. The van der Waals surface area contributed by atoms with E-state index in [1.54, 1.807) is 0 Å². The van der Waals surface area contributed by atoms with Crippen LogP contribution in [0.4, 0.5) is 0 Å². The predicted molar refractivity (Wildman–Crippen MR) is 79.5 cm³/mol. The first-order valence-electron chi connectivity index (χ1n) is 7.76. The number of aliphatic hydroxyl groups excluding tert-OH is 1. The molecule has 3 unspecified atom stereocenters. The molecule has 0 amide bonds. The van der Waals surface area contributed by atoms with E-state index in [2.05, 4.69) is 37.9 Å². The second kappa shape index (κ2) is 8.20. The molecule has 0 bridgehead atoms. The average Bonchev–Trinajstić information content (AvgIpc) is 2.45. The summed E-state index contributed by atoms with van der Waals surface area (Å²) in [5.74, 6) is 0. The van der Waals surface area contributed by atoms with Gasteiger partial charge in [-0.05, 0) is 39.7 Å². The fraction of sp³-hybridized carbons (Fsp3) is 1.00. The zero-order chi connectivity index (χ0) is 14.3. The SMILES string of the molecule is CCCNC(C)(CO)CC(C)N1CCOC(CC)C1. The molecule has 0 aliphatic carbocycles. The van der Waals surface area contributed by atoms with Gasteiger partial charge >= 0.3 is 0 Å². The molecule has 1 heterocycles. The van der Waals surface area contributed by atoms with Crippen molar-refractivity contribution in [2.24, 2.45) is 0 Å². The number of nitrogens with zero attached hydrogens (tertiary/aromatic N) is 1. The van der Waals surface area contributed by atoms with Gasteiger partial charge in [0.2, 0.25) is 0 Å². The van der Waals surface area contributed by atoms with E-state index in [-0.39, 0.29) is 12.1 Å². The highest BCUT2D eigenvalue weighted by Crippen LogP contribution is 2.19. The molecule has 4 heteroatoms. The lowest BCUT2D eigenvalue weighted by atomic mass is 9.93. The third-order valence-electron chi connectivity index (χ3n) is 4.15. The van der Waals surface area contributed by atoms with Gasteiger partial charge in [-0.3, -0.25) is 4.90 Å². The smallest absolute Gasteiger partial charge is 0.0700 e. The van der Waals surface area contributed by atoms with Gasteiger partial charge in [0.1, 0.15) is 0 Å². The fourth-order valence-corrected chi connectivity index (χ4v) is 2.79. The molecule has 1 aliphatic heterocycles. The maximum atomic E-state index is 9.65. The quantitative estimate of drug-likeness (QED) is 0.705. The van der Waals surface area contributed by atoms with Crippen LogP contribution in [0.25, 0.3) is 0 Å². The minimum Gasteiger partial charge on any atom is -0.394 e. The van der Waals surface area contributed by atoms with Crippen molar-refractivity contribution in [2.45, 2.75) is 64.6 Å². The van der Waals surface area contributed by atoms with Crippen LogP contribution in [-0.2, 0) is 4.74 Å². The van der Waals surface area contributed by atoms with Crippen molar-refractivity contribution >= 4 is 0 Å². The molecule has 1 aliphatic rings. The lowest BCUT2D eigenvalue weighted by molar-refractivity contribution is -0.0472. The maximum Gasteiger partial charge on any atom is 0.0700 e. The monoisotopic (exact) mass is 272 g/mol. The highest BCUT2D eigenvalue weighted by molar-refractivity contribution is 4.88. The molecule has 0 aromatic carbocycles. The van der Waals surface area contributed by atoms with Gasteiger partial charge in [0.25, 0.3) is 0 Å². The molecule has 0 spiro atoms. The van der Waals surface area contributed by atoms with Crippen molar-refractivity contribution in [3.8, 4) is 0 Å². The van der Waals surface area contributed by atoms with Crippen LogP contribution in [0, 0.1) is 0 Å². The second-order valence-corrected chi connectivity index (χ2v) is 6.09. The topological polar surface area (TPSA) is 44.7 Å². The average molecular weight is 272 g/mol. The summed E-state index contributed by atoms with van der Waals surface area (Å²) in [6.45, 7) is 12.7. The molecule has 3 atom stereocenters. The summed E-state index contributed by atoms with van der Waals surface area (Å²) in [5.41, 5.74) is -0.171. The van der Waals surface area contributed by atoms with E-state index < -0.39 is 0 Å². The predicted octanol–water partition coefficient (Wildman–Crippen LogP) is 1.63. The highest BCUT2D eigenvalue weighted by Gasteiger charge is 2.30. The Kier molecular flexibility index (Phi) is 7.29. The molecular formula is C15H32N2O2. The van der Waals surface area contributed by atoms with Gasteiger partial charge < -0.3 is 15.2 Å². The molecule has 1 fully saturated rings. The Bertz CT molecular complexity index is 250. The van der Waals surface area contributed by atoms with E-state index in [1.807, 2.05) is 0 Å². The summed E-state index contributed by atoms with van der Waals surface area (Å²) in [4.78, 5) is 2.50. The van der Waals surface area contributed by atoms with E-state index in [0.29, 0.717) is 12.1 Å². The second-order valence-electron chi connectivity index (χ2n) is 6.09. The standard InChI is InChI=1S/C15H32N2O2/c1-5-7-16-15(4,12-18)10-13(3)17-8-9-19-14(6-2)11-17/h13-14,16,18H,5-12H2,1-4H3. The van der Waals surface area contributed by atoms with E-state index in [0.717, 1.165) is 45.5 Å². The van der Waals surface area contributed by atoms with Crippen molar-refractivity contribution in [3.05, 3.63) is 0 Å². The van der Waals surface area contributed by atoms with Gasteiger partial charge in [-0.15, -0.1) is 0 Å². The zero-order valence-corrected chi connectivity index (χ0v) is 13.1. The van der Waals surface area contributed by atoms with E-state index in [1.165, 1.54) is 0 Å². The highest BCUT2D eigenvalue weighted by atomic mass is 16.5. The molecule has 0 aromatic heterocycles. The number of aliphatic hydroxyl groups is 1. The molecule has 19 heavy (non-hydrogen) atoms. The number of hydrogen-bond donors (Lipinski definition) is 2. The molecule has 2 N–H and O–H groups in total. The minimum absolute atomic E-state index is 0.171. The lowest BCUT2D eigenvalue weighted by Crippen LogP contribution is -2.53. The number of morpholine rings is 1. The van der Waals surface area contributed by atoms with Crippen LogP contribution < -0.4 is 5.32 Å². The van der Waals surface area contributed by atoms with Gasteiger partial charge in [-0.25, -0.2) is 0 Å². The normalized spacial score (nSPS) is 26.1. The number of ether oxygens (including phenoxy) is 1. The van der Waals surface area contributed by atoms with Crippen LogP contribution in [0.15, 0.2) is 0 Å². The van der Waals surface area contributed by atoms with Crippen LogP contribution in [0.5, 0.6) is 0 Å². The Morgan fingerprint density at radius 3 is 2.79 bits per heavy atom. The molecule has 0 saturated carbocycles. The van der Waals surface area contributed by atoms with Gasteiger partial charge in [-0.1, -0.05) is 13.8 Å². The molecule has 114 valence electrons. The first-order valence-corrected chi connectivity index (χ1v) is 7.76. The Balaban J connectivity index is 2.49. The molecular weight excluding hydrogens is 240 g/mol. The maximum absolute atomic E-state index is 9.65. The summed E-state index contributed by atoms with van der Waals surface area (Å²) in [7, 11) is 0. The summed E-state index contributed by atoms with van der Waals surface area (Å²) in [6.07, 6.45) is 3.52. The van der Waals surface area contributed by atoms with Gasteiger partial charge in [0.05, 0.1) is 19.3 Å². The van der Waals surface area contributed by atoms with Crippen LogP contribution >= 0.6 is 0 Å². The number of rotatable bonds is 8. The van der Waals surface area contributed by atoms with Crippen LogP contribution in [0.2, 0.25) is 0 Å². The van der Waals surface area contributed by atoms with Crippen molar-refractivity contribution in [1.29, 1.82) is 0 Å². The summed E-state index contributed by atoms with van der Waals surface area (Å²) in [6, 6.07) is 0.472. The minimum atomic E-state index is -0.171. The van der Waals surface area contributed by atoms with Gasteiger partial charge in [0.15, 0.2) is 0 Å². The van der Waals surface area contributed by atoms with Crippen LogP contribution in [-0.4, -0.2) is 60.5 Å². The van der Waals surface area contributed by atoms with E-state index in [4.69, 9.17) is 4.74 Å². The Hall–Kier alpha value is -0.160. The zero-order valence-electron chi connectivity index (χ0n) is 13.1. The molecule has 0 aromatic rings. The first-order chi connectivity index (χ1) is 9.04. The van der Waals surface area contributed by atoms with Gasteiger partial charge in [0, 0.05) is 24.7 Å². The Morgan fingerprint density at radius 1 is 1.47 bits per heavy atom. The van der Waals surface area contributed by atoms with Crippen molar-refractivity contribution in [2.75, 3.05) is 32.8 Å². The number of hydrogen-bond acceptors (Lipinski definition) is 4. The summed E-state index contributed by atoms with van der Waals surface area (Å²) < 4.78 is 5.72. The Morgan fingerprint density at radius 2 is 2.21 bits per heavy atom. The first kappa shape index (κ1) is 16.9. The van der Waals surface area contributed by atoms with Gasteiger partial charge in [-0.2, -0.15) is 0 Å². The fourth-order valence-electron chi connectivity index (χ4n) is 2.79. The van der Waals surface area contributed by atoms with Crippen molar-refractivity contribution < 1.29 is 9.84 Å². The summed E-state index contributed by atoms with van der Waals surface area (Å²) >= 11 is 0. The van der Waals surface area contributed by atoms with Crippen LogP contribution in [0.3, 0.4) is 0 Å². The molecule has 1 rings (SSSR count). The van der Waals surface area contributed by atoms with E-state index in [9.17, 15) is 5.11 Å². The summed E-state index contributed by atoms with van der Waals surface area (Å²) in [5, 5.41) is 13.1.